The van der Waals surface area contributed by atoms with E-state index in [-0.39, 0.29) is 5.78 Å². The minimum Gasteiger partial charge on any atom is -0.360 e. The van der Waals surface area contributed by atoms with Gasteiger partial charge in [-0.3, -0.25) is 4.79 Å². The van der Waals surface area contributed by atoms with Crippen molar-refractivity contribution in [1.29, 1.82) is 0 Å². The van der Waals surface area contributed by atoms with E-state index >= 15 is 0 Å². The Kier molecular flexibility index (Phi) is 1.83. The molecule has 3 aromatic rings. The first-order valence-electron chi connectivity index (χ1n) is 5.27. The second-order valence-electron chi connectivity index (χ2n) is 3.97. The van der Waals surface area contributed by atoms with Crippen molar-refractivity contribution in [3.63, 3.8) is 0 Å². The minimum absolute atomic E-state index is 0.0996. The van der Waals surface area contributed by atoms with Crippen LogP contribution in [0.3, 0.4) is 0 Å². The lowest BCUT2D eigenvalue weighted by Crippen LogP contribution is -1.89. The highest BCUT2D eigenvalue weighted by Crippen LogP contribution is 2.27. The topological polar surface area (TPSA) is 32.9 Å². The summed E-state index contributed by atoms with van der Waals surface area (Å²) >= 11 is 0. The molecule has 1 N–H and O–H groups in total. The molecule has 0 spiro atoms. The highest BCUT2D eigenvalue weighted by Gasteiger charge is 2.10. The van der Waals surface area contributed by atoms with Crippen LogP contribution in [0.5, 0.6) is 0 Å². The van der Waals surface area contributed by atoms with Gasteiger partial charge in [-0.1, -0.05) is 30.3 Å². The van der Waals surface area contributed by atoms with Crippen LogP contribution in [0.25, 0.3) is 21.7 Å². The summed E-state index contributed by atoms with van der Waals surface area (Å²) in [5.41, 5.74) is 1.79. The number of aromatic nitrogens is 1. The van der Waals surface area contributed by atoms with E-state index in [1.165, 1.54) is 0 Å². The standard InChI is InChI=1S/C14H11NO/c1-9(16)12-8-15-13-7-6-10-4-2-3-5-11(10)14(12)13/h2-8,15H,1H3. The molecule has 0 saturated heterocycles. The molecule has 0 saturated carbocycles. The highest BCUT2D eigenvalue weighted by molar-refractivity contribution is 6.17. The van der Waals surface area contributed by atoms with E-state index in [4.69, 9.17) is 0 Å². The molecule has 2 nitrogen and oxygen atoms in total. The van der Waals surface area contributed by atoms with E-state index < -0.39 is 0 Å². The van der Waals surface area contributed by atoms with Gasteiger partial charge in [0.25, 0.3) is 0 Å². The van der Waals surface area contributed by atoms with E-state index in [1.807, 2.05) is 18.2 Å². The summed E-state index contributed by atoms with van der Waals surface area (Å²) in [7, 11) is 0. The zero-order chi connectivity index (χ0) is 11.1. The van der Waals surface area contributed by atoms with Gasteiger partial charge in [0, 0.05) is 22.7 Å². The van der Waals surface area contributed by atoms with Crippen LogP contribution in [-0.4, -0.2) is 10.8 Å². The van der Waals surface area contributed by atoms with Crippen molar-refractivity contribution in [1.82, 2.24) is 4.98 Å². The van der Waals surface area contributed by atoms with Crippen LogP contribution in [0.1, 0.15) is 17.3 Å². The summed E-state index contributed by atoms with van der Waals surface area (Å²) in [6.45, 7) is 1.60. The molecule has 0 aliphatic heterocycles. The van der Waals surface area contributed by atoms with Gasteiger partial charge < -0.3 is 4.98 Å². The van der Waals surface area contributed by atoms with Gasteiger partial charge in [0.1, 0.15) is 0 Å². The zero-order valence-electron chi connectivity index (χ0n) is 8.95. The molecular formula is C14H11NO. The lowest BCUT2D eigenvalue weighted by Gasteiger charge is -2.00. The number of nitrogens with one attached hydrogen (secondary N) is 1. The predicted molar refractivity (Wildman–Crippen MR) is 65.8 cm³/mol. The first kappa shape index (κ1) is 9.16. The fraction of sp³-hybridized carbons (Fsp3) is 0.0714. The van der Waals surface area contributed by atoms with Crippen molar-refractivity contribution in [2.75, 3.05) is 0 Å². The molecule has 0 radical (unpaired) electrons. The van der Waals surface area contributed by atoms with Crippen LogP contribution in [0.2, 0.25) is 0 Å². The first-order valence-corrected chi connectivity index (χ1v) is 5.27. The molecule has 2 aromatic carbocycles. The van der Waals surface area contributed by atoms with Crippen LogP contribution in [0.15, 0.2) is 42.6 Å². The molecule has 0 fully saturated rings. The zero-order valence-corrected chi connectivity index (χ0v) is 8.95. The normalized spacial score (nSPS) is 11.1. The van der Waals surface area contributed by atoms with Crippen molar-refractivity contribution >= 4 is 27.5 Å². The summed E-state index contributed by atoms with van der Waals surface area (Å²) in [4.78, 5) is 14.7. The number of Topliss-reactive ketones (excluding diaryl/α,β-unsaturated/α-hetero) is 1. The van der Waals surface area contributed by atoms with E-state index in [0.29, 0.717) is 0 Å². The van der Waals surface area contributed by atoms with Crippen molar-refractivity contribution in [2.45, 2.75) is 6.92 Å². The average molecular weight is 209 g/mol. The molecular weight excluding hydrogens is 198 g/mol. The van der Waals surface area contributed by atoms with Gasteiger partial charge in [0.15, 0.2) is 5.78 Å². The number of H-pyrrole nitrogens is 1. The summed E-state index contributed by atoms with van der Waals surface area (Å²) in [5, 5.41) is 3.33. The number of carbonyl (C=O) groups excluding carboxylic acids is 1. The van der Waals surface area contributed by atoms with Gasteiger partial charge in [-0.25, -0.2) is 0 Å². The molecule has 3 rings (SSSR count). The van der Waals surface area contributed by atoms with E-state index in [9.17, 15) is 4.79 Å². The maximum absolute atomic E-state index is 11.5. The first-order chi connectivity index (χ1) is 7.77. The molecule has 0 amide bonds. The maximum atomic E-state index is 11.5. The number of carbonyl (C=O) groups is 1. The number of benzene rings is 2. The largest absolute Gasteiger partial charge is 0.360 e. The maximum Gasteiger partial charge on any atom is 0.161 e. The fourth-order valence-corrected chi connectivity index (χ4v) is 2.18. The van der Waals surface area contributed by atoms with Gasteiger partial charge in [-0.2, -0.15) is 0 Å². The Morgan fingerprint density at radius 1 is 1.12 bits per heavy atom. The van der Waals surface area contributed by atoms with Gasteiger partial charge >= 0.3 is 0 Å². The Bertz CT molecular complexity index is 694. The minimum atomic E-state index is 0.0996. The van der Waals surface area contributed by atoms with Gasteiger partial charge in [-0.05, 0) is 23.8 Å². The Balaban J connectivity index is 2.56. The second kappa shape index (κ2) is 3.20. The molecule has 0 atom stereocenters. The lowest BCUT2D eigenvalue weighted by molar-refractivity contribution is 0.101. The van der Waals surface area contributed by atoms with E-state index in [2.05, 4.69) is 23.2 Å². The number of hydrogen-bond donors (Lipinski definition) is 1. The molecule has 0 aliphatic carbocycles. The van der Waals surface area contributed by atoms with Crippen molar-refractivity contribution in [2.24, 2.45) is 0 Å². The average Bonchev–Trinajstić information content (AvgIpc) is 2.73. The SMILES string of the molecule is CC(=O)c1c[nH]c2ccc3ccccc3c12. The molecule has 2 heteroatoms. The number of rotatable bonds is 1. The number of ketones is 1. The Morgan fingerprint density at radius 2 is 1.94 bits per heavy atom. The third-order valence-corrected chi connectivity index (χ3v) is 2.95. The van der Waals surface area contributed by atoms with Gasteiger partial charge in [0.2, 0.25) is 0 Å². The second-order valence-corrected chi connectivity index (χ2v) is 3.97. The van der Waals surface area contributed by atoms with Crippen molar-refractivity contribution < 1.29 is 4.79 Å². The molecule has 1 heterocycles. The van der Waals surface area contributed by atoms with Crippen molar-refractivity contribution in [3.8, 4) is 0 Å². The molecule has 0 bridgehead atoms. The molecule has 16 heavy (non-hydrogen) atoms. The van der Waals surface area contributed by atoms with Crippen LogP contribution in [-0.2, 0) is 0 Å². The smallest absolute Gasteiger partial charge is 0.161 e. The highest BCUT2D eigenvalue weighted by atomic mass is 16.1. The number of aromatic amines is 1. The van der Waals surface area contributed by atoms with Crippen LogP contribution < -0.4 is 0 Å². The lowest BCUT2D eigenvalue weighted by atomic mass is 10.0. The summed E-state index contributed by atoms with van der Waals surface area (Å²) < 4.78 is 0. The van der Waals surface area contributed by atoms with E-state index in [1.54, 1.807) is 13.1 Å². The Labute approximate surface area is 92.9 Å². The van der Waals surface area contributed by atoms with E-state index in [0.717, 1.165) is 27.2 Å². The van der Waals surface area contributed by atoms with Crippen LogP contribution in [0.4, 0.5) is 0 Å². The summed E-state index contributed by atoms with van der Waals surface area (Å²) in [6.07, 6.45) is 1.79. The van der Waals surface area contributed by atoms with Crippen LogP contribution >= 0.6 is 0 Å². The van der Waals surface area contributed by atoms with Gasteiger partial charge in [0.05, 0.1) is 0 Å². The molecule has 0 aliphatic rings. The monoisotopic (exact) mass is 209 g/mol. The fourth-order valence-electron chi connectivity index (χ4n) is 2.18. The molecule has 1 aromatic heterocycles. The Hall–Kier alpha value is -2.09. The summed E-state index contributed by atoms with van der Waals surface area (Å²) in [6, 6.07) is 12.2. The molecule has 78 valence electrons. The predicted octanol–water partition coefficient (Wildman–Crippen LogP) is 3.52. The number of hydrogen-bond acceptors (Lipinski definition) is 1. The summed E-state index contributed by atoms with van der Waals surface area (Å²) in [5.74, 6) is 0.0996. The number of fused-ring (bicyclic) bond motifs is 3. The van der Waals surface area contributed by atoms with Crippen molar-refractivity contribution in [3.05, 3.63) is 48.2 Å². The van der Waals surface area contributed by atoms with Gasteiger partial charge in [-0.15, -0.1) is 0 Å². The molecule has 0 unspecified atom stereocenters. The third kappa shape index (κ3) is 1.16. The Morgan fingerprint density at radius 3 is 2.75 bits per heavy atom. The quantitative estimate of drug-likeness (QED) is 0.611. The third-order valence-electron chi connectivity index (χ3n) is 2.95. The van der Waals surface area contributed by atoms with Crippen LogP contribution in [0, 0.1) is 0 Å².